The summed E-state index contributed by atoms with van der Waals surface area (Å²) in [4.78, 5) is 32.8. The summed E-state index contributed by atoms with van der Waals surface area (Å²) in [6.07, 6.45) is 4.94. The van der Waals surface area contributed by atoms with Crippen LogP contribution in [0, 0.1) is 6.92 Å². The number of esters is 1. The van der Waals surface area contributed by atoms with Crippen molar-refractivity contribution < 1.29 is 14.3 Å². The van der Waals surface area contributed by atoms with E-state index in [1.54, 1.807) is 61.4 Å². The van der Waals surface area contributed by atoms with Crippen molar-refractivity contribution in [2.24, 2.45) is 0 Å². The van der Waals surface area contributed by atoms with Gasteiger partial charge in [-0.1, -0.05) is 6.07 Å². The largest absolute Gasteiger partial charge is 0.461 e. The Balaban J connectivity index is 1.81. The van der Waals surface area contributed by atoms with Gasteiger partial charge in [-0.05, 0) is 37.6 Å². The van der Waals surface area contributed by atoms with Crippen LogP contribution in [-0.2, 0) is 11.2 Å². The highest BCUT2D eigenvalue weighted by Crippen LogP contribution is 2.13. The van der Waals surface area contributed by atoms with Crippen molar-refractivity contribution >= 4 is 11.8 Å². The van der Waals surface area contributed by atoms with Crippen LogP contribution in [0.3, 0.4) is 0 Å². The van der Waals surface area contributed by atoms with Crippen molar-refractivity contribution in [3.8, 4) is 5.82 Å². The van der Waals surface area contributed by atoms with Crippen LogP contribution in [0.1, 0.15) is 39.2 Å². The van der Waals surface area contributed by atoms with Gasteiger partial charge in [0.1, 0.15) is 12.0 Å². The molecular weight excluding hydrogens is 334 g/mol. The second-order valence-electron chi connectivity index (χ2n) is 5.53. The molecule has 3 aromatic heterocycles. The minimum atomic E-state index is -0.541. The van der Waals surface area contributed by atoms with E-state index < -0.39 is 5.97 Å². The topological polar surface area (TPSA) is 99.9 Å². The molecule has 0 spiro atoms. The first-order valence-electron chi connectivity index (χ1n) is 8.07. The smallest absolute Gasteiger partial charge is 0.357 e. The Morgan fingerprint density at radius 2 is 2.00 bits per heavy atom. The molecular formula is C18H17N5O3. The quantitative estimate of drug-likeness (QED) is 0.494. The van der Waals surface area contributed by atoms with Gasteiger partial charge >= 0.3 is 5.97 Å². The molecule has 3 aromatic rings. The number of aryl methyl sites for hydroxylation is 1. The van der Waals surface area contributed by atoms with Crippen LogP contribution in [0.2, 0.25) is 0 Å². The number of ketones is 1. The van der Waals surface area contributed by atoms with Crippen molar-refractivity contribution in [1.29, 1.82) is 0 Å². The first kappa shape index (κ1) is 17.4. The SMILES string of the molecule is CCOC(=O)c1nc(C)ccc1CC(=O)c1ccc(-n2ccnc2)nn1. The molecule has 0 saturated carbocycles. The maximum Gasteiger partial charge on any atom is 0.357 e. The summed E-state index contributed by atoms with van der Waals surface area (Å²) in [6.45, 7) is 3.73. The lowest BCUT2D eigenvalue weighted by Crippen LogP contribution is -2.15. The summed E-state index contributed by atoms with van der Waals surface area (Å²) in [5.74, 6) is -0.241. The van der Waals surface area contributed by atoms with Crippen molar-refractivity contribution in [1.82, 2.24) is 24.7 Å². The minimum absolute atomic E-state index is 0.0134. The van der Waals surface area contributed by atoms with Gasteiger partial charge in [0.05, 0.1) is 6.61 Å². The Morgan fingerprint density at radius 1 is 1.15 bits per heavy atom. The third kappa shape index (κ3) is 3.80. The number of carbonyl (C=O) groups excluding carboxylic acids is 2. The van der Waals surface area contributed by atoms with E-state index in [-0.39, 0.29) is 30.2 Å². The zero-order valence-electron chi connectivity index (χ0n) is 14.4. The number of ether oxygens (including phenoxy) is 1. The van der Waals surface area contributed by atoms with Gasteiger partial charge in [-0.15, -0.1) is 10.2 Å². The number of imidazole rings is 1. The van der Waals surface area contributed by atoms with E-state index in [1.165, 1.54) is 0 Å². The molecule has 8 heteroatoms. The predicted molar refractivity (Wildman–Crippen MR) is 92.1 cm³/mol. The fourth-order valence-corrected chi connectivity index (χ4v) is 2.37. The second kappa shape index (κ2) is 7.64. The molecule has 0 aliphatic rings. The van der Waals surface area contributed by atoms with Crippen LogP contribution in [0.25, 0.3) is 5.82 Å². The average molecular weight is 351 g/mol. The average Bonchev–Trinajstić information content (AvgIpc) is 3.18. The van der Waals surface area contributed by atoms with Gasteiger partial charge in [0.25, 0.3) is 0 Å². The van der Waals surface area contributed by atoms with E-state index in [9.17, 15) is 9.59 Å². The molecule has 0 aliphatic heterocycles. The maximum absolute atomic E-state index is 12.5. The van der Waals surface area contributed by atoms with Crippen LogP contribution in [0.15, 0.2) is 43.0 Å². The Bertz CT molecular complexity index is 921. The molecule has 0 atom stereocenters. The lowest BCUT2D eigenvalue weighted by molar-refractivity contribution is 0.0518. The number of pyridine rings is 1. The van der Waals surface area contributed by atoms with E-state index in [0.29, 0.717) is 17.1 Å². The van der Waals surface area contributed by atoms with Gasteiger partial charge in [0, 0.05) is 24.5 Å². The molecule has 0 unspecified atom stereocenters. The first-order chi connectivity index (χ1) is 12.6. The van der Waals surface area contributed by atoms with Gasteiger partial charge in [-0.3, -0.25) is 9.36 Å². The maximum atomic E-state index is 12.5. The van der Waals surface area contributed by atoms with Crippen LogP contribution < -0.4 is 0 Å². The normalized spacial score (nSPS) is 10.5. The molecule has 0 N–H and O–H groups in total. The van der Waals surface area contributed by atoms with Crippen LogP contribution >= 0.6 is 0 Å². The number of Topliss-reactive ketones (excluding diaryl/α,β-unsaturated/α-hetero) is 1. The van der Waals surface area contributed by atoms with E-state index in [0.717, 1.165) is 0 Å². The number of carbonyl (C=O) groups is 2. The van der Waals surface area contributed by atoms with Gasteiger partial charge < -0.3 is 4.74 Å². The summed E-state index contributed by atoms with van der Waals surface area (Å²) in [6, 6.07) is 6.73. The molecule has 3 rings (SSSR count). The molecule has 26 heavy (non-hydrogen) atoms. The van der Waals surface area contributed by atoms with E-state index in [2.05, 4.69) is 20.2 Å². The van der Waals surface area contributed by atoms with Gasteiger partial charge in [0.15, 0.2) is 17.3 Å². The fourth-order valence-electron chi connectivity index (χ4n) is 2.37. The van der Waals surface area contributed by atoms with Gasteiger partial charge in [0.2, 0.25) is 0 Å². The van der Waals surface area contributed by atoms with Crippen molar-refractivity contribution in [2.75, 3.05) is 6.61 Å². The molecule has 0 radical (unpaired) electrons. The lowest BCUT2D eigenvalue weighted by atomic mass is 10.0. The Hall–Kier alpha value is -3.42. The summed E-state index contributed by atoms with van der Waals surface area (Å²) in [7, 11) is 0. The molecule has 0 aromatic carbocycles. The Kier molecular flexibility index (Phi) is 5.12. The van der Waals surface area contributed by atoms with E-state index >= 15 is 0 Å². The molecule has 0 aliphatic carbocycles. The first-order valence-corrected chi connectivity index (χ1v) is 8.07. The van der Waals surface area contributed by atoms with Crippen LogP contribution in [0.5, 0.6) is 0 Å². The minimum Gasteiger partial charge on any atom is -0.461 e. The van der Waals surface area contributed by atoms with E-state index in [4.69, 9.17) is 4.74 Å². The van der Waals surface area contributed by atoms with Crippen LogP contribution in [-0.4, -0.2) is 43.1 Å². The van der Waals surface area contributed by atoms with Gasteiger partial charge in [-0.25, -0.2) is 14.8 Å². The molecule has 0 bridgehead atoms. The molecule has 0 saturated heterocycles. The molecule has 0 amide bonds. The third-order valence-electron chi connectivity index (χ3n) is 3.64. The van der Waals surface area contributed by atoms with Crippen molar-refractivity contribution in [2.45, 2.75) is 20.3 Å². The summed E-state index contributed by atoms with van der Waals surface area (Å²) >= 11 is 0. The summed E-state index contributed by atoms with van der Waals surface area (Å²) in [5, 5.41) is 8.00. The summed E-state index contributed by atoms with van der Waals surface area (Å²) < 4.78 is 6.70. The van der Waals surface area contributed by atoms with Crippen molar-refractivity contribution in [3.05, 3.63) is 65.6 Å². The third-order valence-corrected chi connectivity index (χ3v) is 3.64. The molecule has 8 nitrogen and oxygen atoms in total. The molecule has 0 fully saturated rings. The van der Waals surface area contributed by atoms with Crippen LogP contribution in [0.4, 0.5) is 0 Å². The molecule has 3 heterocycles. The number of aromatic nitrogens is 5. The highest BCUT2D eigenvalue weighted by Gasteiger charge is 2.19. The van der Waals surface area contributed by atoms with Gasteiger partial charge in [-0.2, -0.15) is 0 Å². The van der Waals surface area contributed by atoms with E-state index in [1.807, 2.05) is 0 Å². The number of hydrogen-bond acceptors (Lipinski definition) is 7. The number of rotatable bonds is 6. The Morgan fingerprint density at radius 3 is 2.65 bits per heavy atom. The van der Waals surface area contributed by atoms with Crippen molar-refractivity contribution in [3.63, 3.8) is 0 Å². The molecule has 132 valence electrons. The standard InChI is InChI=1S/C18H17N5O3/c1-3-26-18(25)17-13(5-4-12(2)20-17)10-15(24)14-6-7-16(22-21-14)23-9-8-19-11-23/h4-9,11H,3,10H2,1-2H3. The fraction of sp³-hybridized carbons (Fsp3) is 0.222. The zero-order chi connectivity index (χ0) is 18.5. The zero-order valence-corrected chi connectivity index (χ0v) is 14.4. The number of nitrogens with zero attached hydrogens (tertiary/aromatic N) is 5. The Labute approximate surface area is 149 Å². The summed E-state index contributed by atoms with van der Waals surface area (Å²) in [5.41, 5.74) is 1.54. The highest BCUT2D eigenvalue weighted by molar-refractivity contribution is 5.98. The number of hydrogen-bond donors (Lipinski definition) is 0. The highest BCUT2D eigenvalue weighted by atomic mass is 16.5. The monoisotopic (exact) mass is 351 g/mol. The second-order valence-corrected chi connectivity index (χ2v) is 5.53. The predicted octanol–water partition coefficient (Wildman–Crippen LogP) is 1.97. The lowest BCUT2D eigenvalue weighted by Gasteiger charge is -2.08.